The molecule has 5 nitrogen and oxygen atoms in total. The van der Waals surface area contributed by atoms with Crippen molar-refractivity contribution < 1.29 is 13.2 Å². The molecule has 112 valence electrons. The van der Waals surface area contributed by atoms with Crippen LogP contribution in [-0.4, -0.2) is 68.8 Å². The van der Waals surface area contributed by atoms with Gasteiger partial charge in [0.15, 0.2) is 0 Å². The van der Waals surface area contributed by atoms with Gasteiger partial charge in [-0.2, -0.15) is 4.31 Å². The molecule has 0 aromatic heterocycles. The standard InChI is InChI=1S/C13H26N2O3S/c1-4-15(19(3,16)17)12-5-10-18-13(11-12)6-8-14(2)9-7-13/h12H,4-11H2,1-3H3/t12-/m1/s1. The molecule has 0 aromatic carbocycles. The molecule has 2 fully saturated rings. The van der Waals surface area contributed by atoms with Crippen molar-refractivity contribution in [2.24, 2.45) is 0 Å². The zero-order chi connectivity index (χ0) is 14.1. The van der Waals surface area contributed by atoms with Crippen LogP contribution in [0.3, 0.4) is 0 Å². The smallest absolute Gasteiger partial charge is 0.211 e. The molecule has 2 heterocycles. The highest BCUT2D eigenvalue weighted by Crippen LogP contribution is 2.36. The van der Waals surface area contributed by atoms with E-state index in [2.05, 4.69) is 11.9 Å². The molecule has 0 aromatic rings. The van der Waals surface area contributed by atoms with Crippen molar-refractivity contribution in [1.82, 2.24) is 9.21 Å². The van der Waals surface area contributed by atoms with Crippen LogP contribution < -0.4 is 0 Å². The molecule has 6 heteroatoms. The molecule has 0 aliphatic carbocycles. The van der Waals surface area contributed by atoms with Crippen LogP contribution in [0.1, 0.15) is 32.6 Å². The number of hydrogen-bond donors (Lipinski definition) is 0. The second kappa shape index (κ2) is 5.68. The quantitative estimate of drug-likeness (QED) is 0.775. The van der Waals surface area contributed by atoms with Crippen molar-refractivity contribution in [3.63, 3.8) is 0 Å². The molecule has 2 aliphatic rings. The first-order valence-corrected chi connectivity index (χ1v) is 9.00. The Labute approximate surface area is 117 Å². The van der Waals surface area contributed by atoms with Crippen LogP contribution in [0.25, 0.3) is 0 Å². The van der Waals surface area contributed by atoms with Crippen LogP contribution in [-0.2, 0) is 14.8 Å². The Morgan fingerprint density at radius 3 is 2.53 bits per heavy atom. The van der Waals surface area contributed by atoms with Gasteiger partial charge < -0.3 is 9.64 Å². The summed E-state index contributed by atoms with van der Waals surface area (Å²) in [5.41, 5.74) is -0.0897. The summed E-state index contributed by atoms with van der Waals surface area (Å²) in [6.45, 7) is 5.23. The van der Waals surface area contributed by atoms with Crippen LogP contribution in [0.5, 0.6) is 0 Å². The Kier molecular flexibility index (Phi) is 4.55. The molecule has 2 saturated heterocycles. The lowest BCUT2D eigenvalue weighted by atomic mass is 9.82. The second-order valence-electron chi connectivity index (χ2n) is 5.95. The van der Waals surface area contributed by atoms with Crippen LogP contribution in [0.4, 0.5) is 0 Å². The van der Waals surface area contributed by atoms with Crippen LogP contribution in [0.15, 0.2) is 0 Å². The van der Waals surface area contributed by atoms with Gasteiger partial charge in [0.1, 0.15) is 0 Å². The molecule has 0 unspecified atom stereocenters. The maximum atomic E-state index is 11.9. The Hall–Kier alpha value is -0.170. The summed E-state index contributed by atoms with van der Waals surface area (Å²) < 4.78 is 31.4. The van der Waals surface area contributed by atoms with Crippen molar-refractivity contribution in [3.05, 3.63) is 0 Å². The minimum Gasteiger partial charge on any atom is -0.375 e. The fourth-order valence-corrected chi connectivity index (χ4v) is 4.58. The van der Waals surface area contributed by atoms with Crippen molar-refractivity contribution in [1.29, 1.82) is 0 Å². The number of nitrogens with zero attached hydrogens (tertiary/aromatic N) is 2. The number of rotatable bonds is 3. The molecule has 0 saturated carbocycles. The summed E-state index contributed by atoms with van der Waals surface area (Å²) in [5.74, 6) is 0. The van der Waals surface area contributed by atoms with E-state index < -0.39 is 10.0 Å². The van der Waals surface area contributed by atoms with Gasteiger partial charge in [-0.3, -0.25) is 0 Å². The lowest BCUT2D eigenvalue weighted by molar-refractivity contribution is -0.124. The van der Waals surface area contributed by atoms with E-state index in [1.807, 2.05) is 6.92 Å². The van der Waals surface area contributed by atoms with Gasteiger partial charge in [-0.1, -0.05) is 6.92 Å². The fourth-order valence-electron chi connectivity index (χ4n) is 3.39. The lowest BCUT2D eigenvalue weighted by Gasteiger charge is -2.47. The number of hydrogen-bond acceptors (Lipinski definition) is 4. The van der Waals surface area contributed by atoms with Crippen molar-refractivity contribution in [2.75, 3.05) is 39.5 Å². The molecule has 0 radical (unpaired) electrons. The van der Waals surface area contributed by atoms with E-state index in [9.17, 15) is 8.42 Å². The van der Waals surface area contributed by atoms with Crippen LogP contribution in [0, 0.1) is 0 Å². The van der Waals surface area contributed by atoms with Crippen LogP contribution in [0.2, 0.25) is 0 Å². The Balaban J connectivity index is 2.08. The van der Waals surface area contributed by atoms with E-state index >= 15 is 0 Å². The topological polar surface area (TPSA) is 49.9 Å². The molecule has 19 heavy (non-hydrogen) atoms. The Bertz CT molecular complexity index is 402. The third kappa shape index (κ3) is 3.48. The van der Waals surface area contributed by atoms with E-state index in [1.165, 1.54) is 6.26 Å². The summed E-state index contributed by atoms with van der Waals surface area (Å²) in [6, 6.07) is 0.108. The molecule has 0 bridgehead atoms. The van der Waals surface area contributed by atoms with E-state index in [4.69, 9.17) is 4.74 Å². The third-order valence-electron chi connectivity index (χ3n) is 4.51. The number of ether oxygens (including phenoxy) is 1. The second-order valence-corrected chi connectivity index (χ2v) is 7.88. The minimum absolute atomic E-state index is 0.0897. The van der Waals surface area contributed by atoms with E-state index in [-0.39, 0.29) is 11.6 Å². The van der Waals surface area contributed by atoms with E-state index in [1.54, 1.807) is 4.31 Å². The van der Waals surface area contributed by atoms with Gasteiger partial charge in [-0.15, -0.1) is 0 Å². The van der Waals surface area contributed by atoms with Gasteiger partial charge in [0.05, 0.1) is 11.9 Å². The zero-order valence-corrected chi connectivity index (χ0v) is 13.1. The highest BCUT2D eigenvalue weighted by Gasteiger charge is 2.42. The first-order chi connectivity index (χ1) is 8.86. The SMILES string of the molecule is CCN([C@@H]1CCOC2(CCN(C)CC2)C1)S(C)(=O)=O. The summed E-state index contributed by atoms with van der Waals surface area (Å²) >= 11 is 0. The van der Waals surface area contributed by atoms with E-state index in [0.29, 0.717) is 13.2 Å². The number of sulfonamides is 1. The average Bonchev–Trinajstić information content (AvgIpc) is 2.33. The molecule has 2 aliphatic heterocycles. The van der Waals surface area contributed by atoms with E-state index in [0.717, 1.165) is 38.8 Å². The van der Waals surface area contributed by atoms with Crippen molar-refractivity contribution in [3.8, 4) is 0 Å². The van der Waals surface area contributed by atoms with Gasteiger partial charge in [0, 0.05) is 32.3 Å². The Morgan fingerprint density at radius 1 is 1.37 bits per heavy atom. The summed E-state index contributed by atoms with van der Waals surface area (Å²) in [5, 5.41) is 0. The summed E-state index contributed by atoms with van der Waals surface area (Å²) in [6.07, 6.45) is 5.01. The highest BCUT2D eigenvalue weighted by atomic mass is 32.2. The molecular weight excluding hydrogens is 264 g/mol. The van der Waals surface area contributed by atoms with Gasteiger partial charge >= 0.3 is 0 Å². The highest BCUT2D eigenvalue weighted by molar-refractivity contribution is 7.88. The first kappa shape index (κ1) is 15.2. The van der Waals surface area contributed by atoms with Gasteiger partial charge in [0.25, 0.3) is 0 Å². The fraction of sp³-hybridized carbons (Fsp3) is 1.00. The van der Waals surface area contributed by atoms with Gasteiger partial charge in [-0.25, -0.2) is 8.42 Å². The van der Waals surface area contributed by atoms with Crippen LogP contribution >= 0.6 is 0 Å². The first-order valence-electron chi connectivity index (χ1n) is 7.16. The average molecular weight is 290 g/mol. The monoisotopic (exact) mass is 290 g/mol. The molecular formula is C13H26N2O3S. The molecule has 2 rings (SSSR count). The minimum atomic E-state index is -3.11. The normalized spacial score (nSPS) is 28.9. The largest absolute Gasteiger partial charge is 0.375 e. The number of piperidine rings is 1. The maximum Gasteiger partial charge on any atom is 0.211 e. The summed E-state index contributed by atoms with van der Waals surface area (Å²) in [4.78, 5) is 2.31. The lowest BCUT2D eigenvalue weighted by Crippen LogP contribution is -2.54. The molecule has 1 atom stereocenters. The van der Waals surface area contributed by atoms with Crippen molar-refractivity contribution in [2.45, 2.75) is 44.2 Å². The van der Waals surface area contributed by atoms with Crippen molar-refractivity contribution >= 4 is 10.0 Å². The van der Waals surface area contributed by atoms with Gasteiger partial charge in [-0.05, 0) is 32.7 Å². The molecule has 0 N–H and O–H groups in total. The molecule has 1 spiro atoms. The maximum absolute atomic E-state index is 11.9. The Morgan fingerprint density at radius 2 is 2.00 bits per heavy atom. The predicted molar refractivity (Wildman–Crippen MR) is 75.7 cm³/mol. The number of likely N-dealkylation sites (tertiary alicyclic amines) is 1. The third-order valence-corrected chi connectivity index (χ3v) is 5.92. The summed E-state index contributed by atoms with van der Waals surface area (Å²) in [7, 11) is -0.986. The molecule has 0 amide bonds. The van der Waals surface area contributed by atoms with Gasteiger partial charge in [0.2, 0.25) is 10.0 Å². The predicted octanol–water partition coefficient (Wildman–Crippen LogP) is 0.911. The zero-order valence-electron chi connectivity index (χ0n) is 12.3.